The summed E-state index contributed by atoms with van der Waals surface area (Å²) in [4.78, 5) is 15.8. The van der Waals surface area contributed by atoms with E-state index in [2.05, 4.69) is 4.98 Å². The van der Waals surface area contributed by atoms with E-state index in [0.717, 1.165) is 16.5 Å². The third-order valence-electron chi connectivity index (χ3n) is 3.37. The van der Waals surface area contributed by atoms with E-state index in [1.54, 1.807) is 18.3 Å². The van der Waals surface area contributed by atoms with Gasteiger partial charge in [0.2, 0.25) is 0 Å². The van der Waals surface area contributed by atoms with Crippen LogP contribution in [0.3, 0.4) is 0 Å². The Morgan fingerprint density at radius 3 is 2.76 bits per heavy atom. The second-order valence-corrected chi connectivity index (χ2v) is 4.63. The van der Waals surface area contributed by atoms with Crippen molar-refractivity contribution in [1.29, 1.82) is 0 Å². The predicted octanol–water partition coefficient (Wildman–Crippen LogP) is 3.61. The molecule has 0 saturated carbocycles. The molecule has 0 bridgehead atoms. The van der Waals surface area contributed by atoms with Gasteiger partial charge in [0.25, 0.3) is 0 Å². The lowest BCUT2D eigenvalue weighted by Crippen LogP contribution is -2.00. The molecule has 0 aliphatic rings. The van der Waals surface area contributed by atoms with E-state index in [0.29, 0.717) is 11.3 Å². The number of methoxy groups -OCH3 is 1. The van der Waals surface area contributed by atoms with Gasteiger partial charge in [0.05, 0.1) is 18.2 Å². The Hall–Kier alpha value is -2.88. The zero-order chi connectivity index (χ0) is 14.8. The van der Waals surface area contributed by atoms with Crippen molar-refractivity contribution in [2.75, 3.05) is 7.11 Å². The average molecular weight is 279 g/mol. The summed E-state index contributed by atoms with van der Waals surface area (Å²) in [7, 11) is 1.51. The first-order chi connectivity index (χ1) is 10.2. The lowest BCUT2D eigenvalue weighted by molar-refractivity contribution is 0.0697. The number of aromatic carboxylic acids is 1. The lowest BCUT2D eigenvalue weighted by Gasteiger charge is -2.09. The number of hydrogen-bond donors (Lipinski definition) is 1. The van der Waals surface area contributed by atoms with Gasteiger partial charge in [-0.1, -0.05) is 18.2 Å². The second-order valence-electron chi connectivity index (χ2n) is 4.63. The van der Waals surface area contributed by atoms with Gasteiger partial charge in [-0.3, -0.25) is 4.98 Å². The molecule has 1 aromatic heterocycles. The predicted molar refractivity (Wildman–Crippen MR) is 80.7 cm³/mol. The summed E-state index contributed by atoms with van der Waals surface area (Å²) in [5, 5.41) is 10.4. The van der Waals surface area contributed by atoms with Crippen LogP contribution in [0.2, 0.25) is 0 Å². The third kappa shape index (κ3) is 2.43. The molecular weight excluding hydrogens is 266 g/mol. The molecule has 0 fully saturated rings. The Labute approximate surface area is 121 Å². The van der Waals surface area contributed by atoms with Crippen LogP contribution in [0.4, 0.5) is 0 Å². The Morgan fingerprint density at radius 2 is 2.00 bits per heavy atom. The minimum absolute atomic E-state index is 0.213. The van der Waals surface area contributed by atoms with Gasteiger partial charge in [-0.05, 0) is 41.5 Å². The number of aromatic nitrogens is 1. The van der Waals surface area contributed by atoms with Crippen LogP contribution >= 0.6 is 0 Å². The fourth-order valence-electron chi connectivity index (χ4n) is 2.31. The molecule has 1 heterocycles. The minimum Gasteiger partial charge on any atom is -0.497 e. The van der Waals surface area contributed by atoms with Crippen molar-refractivity contribution in [1.82, 2.24) is 4.98 Å². The van der Waals surface area contributed by atoms with Crippen LogP contribution in [0.15, 0.2) is 54.7 Å². The number of pyridine rings is 1. The van der Waals surface area contributed by atoms with Crippen LogP contribution < -0.4 is 4.74 Å². The van der Waals surface area contributed by atoms with E-state index in [1.165, 1.54) is 13.2 Å². The number of carbonyl (C=O) groups is 1. The molecule has 2 aromatic carbocycles. The number of hydrogen-bond acceptors (Lipinski definition) is 3. The smallest absolute Gasteiger partial charge is 0.336 e. The second kappa shape index (κ2) is 5.25. The highest BCUT2D eigenvalue weighted by Gasteiger charge is 2.13. The van der Waals surface area contributed by atoms with E-state index < -0.39 is 5.97 Å². The molecule has 4 nitrogen and oxygen atoms in total. The summed E-state index contributed by atoms with van der Waals surface area (Å²) >= 11 is 0. The average Bonchev–Trinajstić information content (AvgIpc) is 2.53. The fourth-order valence-corrected chi connectivity index (χ4v) is 2.31. The van der Waals surface area contributed by atoms with E-state index in [1.807, 2.05) is 30.3 Å². The van der Waals surface area contributed by atoms with Crippen LogP contribution in [-0.2, 0) is 0 Å². The number of benzene rings is 2. The van der Waals surface area contributed by atoms with Gasteiger partial charge in [-0.15, -0.1) is 0 Å². The molecule has 1 N–H and O–H groups in total. The standard InChI is InChI=1S/C17H13NO3/c1-21-13-6-7-14(15(10-13)17(19)20)12-5-4-11-3-2-8-18-16(11)9-12/h2-10H,1H3,(H,19,20). The van der Waals surface area contributed by atoms with Crippen LogP contribution in [0.1, 0.15) is 10.4 Å². The van der Waals surface area contributed by atoms with E-state index in [4.69, 9.17) is 4.74 Å². The molecule has 3 aromatic rings. The molecule has 0 spiro atoms. The van der Waals surface area contributed by atoms with Crippen LogP contribution in [0.5, 0.6) is 5.75 Å². The van der Waals surface area contributed by atoms with Gasteiger partial charge in [0.15, 0.2) is 0 Å². The first kappa shape index (κ1) is 13.1. The maximum Gasteiger partial charge on any atom is 0.336 e. The zero-order valence-corrected chi connectivity index (χ0v) is 11.4. The third-order valence-corrected chi connectivity index (χ3v) is 3.37. The molecule has 104 valence electrons. The summed E-state index contributed by atoms with van der Waals surface area (Å²) in [5.74, 6) is -0.458. The maximum atomic E-state index is 11.5. The van der Waals surface area contributed by atoms with Gasteiger partial charge in [0.1, 0.15) is 5.75 Å². The molecule has 3 rings (SSSR count). The van der Waals surface area contributed by atoms with Gasteiger partial charge >= 0.3 is 5.97 Å². The molecule has 0 aliphatic heterocycles. The normalized spacial score (nSPS) is 10.5. The van der Waals surface area contributed by atoms with E-state index in [9.17, 15) is 9.90 Å². The van der Waals surface area contributed by atoms with Crippen molar-refractivity contribution in [3.8, 4) is 16.9 Å². The number of rotatable bonds is 3. The highest BCUT2D eigenvalue weighted by Crippen LogP contribution is 2.29. The summed E-state index contributed by atoms with van der Waals surface area (Å²) in [6, 6.07) is 14.6. The van der Waals surface area contributed by atoms with Crippen molar-refractivity contribution in [3.05, 3.63) is 60.3 Å². The lowest BCUT2D eigenvalue weighted by atomic mass is 9.98. The Balaban J connectivity index is 2.19. The van der Waals surface area contributed by atoms with Gasteiger partial charge in [-0.25, -0.2) is 4.79 Å². The SMILES string of the molecule is COc1ccc(-c2ccc3cccnc3c2)c(C(=O)O)c1. The highest BCUT2D eigenvalue weighted by molar-refractivity contribution is 5.97. The number of carboxylic acid groups (broad SMARTS) is 1. The molecule has 0 unspecified atom stereocenters. The first-order valence-corrected chi connectivity index (χ1v) is 6.45. The topological polar surface area (TPSA) is 59.4 Å². The Kier molecular flexibility index (Phi) is 3.28. The largest absolute Gasteiger partial charge is 0.497 e. The van der Waals surface area contributed by atoms with E-state index in [-0.39, 0.29) is 5.56 Å². The molecule has 0 atom stereocenters. The van der Waals surface area contributed by atoms with Crippen LogP contribution in [0.25, 0.3) is 22.0 Å². The zero-order valence-electron chi connectivity index (χ0n) is 11.4. The van der Waals surface area contributed by atoms with Gasteiger partial charge < -0.3 is 9.84 Å². The van der Waals surface area contributed by atoms with Crippen molar-refractivity contribution in [2.24, 2.45) is 0 Å². The fraction of sp³-hybridized carbons (Fsp3) is 0.0588. The van der Waals surface area contributed by atoms with Crippen molar-refractivity contribution in [3.63, 3.8) is 0 Å². The van der Waals surface area contributed by atoms with Crippen molar-refractivity contribution >= 4 is 16.9 Å². The number of ether oxygens (including phenoxy) is 1. The van der Waals surface area contributed by atoms with Crippen LogP contribution in [-0.4, -0.2) is 23.2 Å². The number of carboxylic acids is 1. The molecule has 21 heavy (non-hydrogen) atoms. The summed E-state index contributed by atoms with van der Waals surface area (Å²) < 4.78 is 5.09. The van der Waals surface area contributed by atoms with Crippen LogP contribution in [0, 0.1) is 0 Å². The minimum atomic E-state index is -0.981. The number of nitrogens with zero attached hydrogens (tertiary/aromatic N) is 1. The highest BCUT2D eigenvalue weighted by atomic mass is 16.5. The Bertz CT molecular complexity index is 827. The Morgan fingerprint density at radius 1 is 1.14 bits per heavy atom. The molecular formula is C17H13NO3. The molecule has 0 amide bonds. The van der Waals surface area contributed by atoms with Gasteiger partial charge in [-0.2, -0.15) is 0 Å². The maximum absolute atomic E-state index is 11.5. The van der Waals surface area contributed by atoms with E-state index >= 15 is 0 Å². The molecule has 0 aliphatic carbocycles. The number of fused-ring (bicyclic) bond motifs is 1. The first-order valence-electron chi connectivity index (χ1n) is 6.45. The summed E-state index contributed by atoms with van der Waals surface area (Å²) in [6.07, 6.45) is 1.72. The van der Waals surface area contributed by atoms with Crippen molar-refractivity contribution < 1.29 is 14.6 Å². The molecule has 0 radical (unpaired) electrons. The summed E-state index contributed by atoms with van der Waals surface area (Å²) in [5.41, 5.74) is 2.52. The molecule has 0 saturated heterocycles. The van der Waals surface area contributed by atoms with Crippen molar-refractivity contribution in [2.45, 2.75) is 0 Å². The monoisotopic (exact) mass is 279 g/mol. The summed E-state index contributed by atoms with van der Waals surface area (Å²) in [6.45, 7) is 0. The van der Waals surface area contributed by atoms with Gasteiger partial charge in [0, 0.05) is 11.6 Å². The molecule has 4 heteroatoms. The quantitative estimate of drug-likeness (QED) is 0.795.